The summed E-state index contributed by atoms with van der Waals surface area (Å²) in [5.74, 6) is 0. The predicted octanol–water partition coefficient (Wildman–Crippen LogP) is 1.74. The minimum absolute atomic E-state index is 0.0251. The number of rotatable bonds is 7. The summed E-state index contributed by atoms with van der Waals surface area (Å²) in [4.78, 5) is 23.1. The molecule has 17 heavy (non-hydrogen) atoms. The Kier molecular flexibility index (Phi) is 8.18. The molecule has 0 heterocycles. The number of carbonyl (C=O) groups is 2. The van der Waals surface area contributed by atoms with Crippen LogP contribution in [0.25, 0.3) is 0 Å². The van der Waals surface area contributed by atoms with Crippen LogP contribution in [-0.2, 0) is 14.2 Å². The molecule has 0 aliphatic heterocycles. The van der Waals surface area contributed by atoms with Gasteiger partial charge in [-0.05, 0) is 0 Å². The average molecular weight is 242 g/mol. The molecule has 95 valence electrons. The topological polar surface area (TPSA) is 65.1 Å². The van der Waals surface area contributed by atoms with Gasteiger partial charge in [-0.15, -0.1) is 0 Å². The Hall–Kier alpha value is -1.98. The van der Waals surface area contributed by atoms with Gasteiger partial charge in [0.25, 0.3) is 0 Å². The van der Waals surface area contributed by atoms with Crippen LogP contribution in [0.4, 0.5) is 9.59 Å². The molecule has 0 aromatic heterocycles. The first-order chi connectivity index (χ1) is 8.11. The van der Waals surface area contributed by atoms with E-state index in [4.69, 9.17) is 4.74 Å². The van der Waals surface area contributed by atoms with E-state index in [0.717, 1.165) is 4.90 Å². The quantitative estimate of drug-likeness (QED) is 0.502. The summed E-state index contributed by atoms with van der Waals surface area (Å²) < 4.78 is 13.9. The lowest BCUT2D eigenvalue weighted by atomic mass is 10.6. The highest BCUT2D eigenvalue weighted by molar-refractivity contribution is 5.68. The fourth-order valence-electron chi connectivity index (χ4n) is 0.721. The van der Waals surface area contributed by atoms with E-state index in [-0.39, 0.29) is 26.4 Å². The van der Waals surface area contributed by atoms with Gasteiger partial charge in [0, 0.05) is 7.05 Å². The molecule has 0 aromatic carbocycles. The van der Waals surface area contributed by atoms with Crippen molar-refractivity contribution in [3.05, 3.63) is 32.4 Å². The van der Waals surface area contributed by atoms with Crippen molar-refractivity contribution in [1.82, 2.24) is 4.90 Å². The second-order valence-electron chi connectivity index (χ2n) is 2.83. The zero-order valence-electron chi connectivity index (χ0n) is 9.59. The maximum absolute atomic E-state index is 11.2. The second kappa shape index (κ2) is 9.26. The molecule has 0 N–H and O–H groups in total. The molecular weight excluding hydrogens is 226 g/mol. The number of hydrogen-bond acceptors (Lipinski definition) is 5. The van der Waals surface area contributed by atoms with E-state index in [0.29, 0.717) is 0 Å². The second-order valence-corrected chi connectivity index (χ2v) is 2.83. The van der Waals surface area contributed by atoms with Crippen molar-refractivity contribution in [2.45, 2.75) is 0 Å². The summed E-state index contributed by atoms with van der Waals surface area (Å²) >= 11 is 0. The van der Waals surface area contributed by atoms with E-state index in [1.54, 1.807) is 0 Å². The number of hydrogen-bond donors (Lipinski definition) is 0. The SMILES string of the molecule is [CH2]N(CCOC(=O)OCC=C)C(=O)OCC=C. The van der Waals surface area contributed by atoms with Gasteiger partial charge in [-0.1, -0.05) is 25.3 Å². The Morgan fingerprint density at radius 1 is 1.06 bits per heavy atom. The predicted molar refractivity (Wildman–Crippen MR) is 61.1 cm³/mol. The van der Waals surface area contributed by atoms with Crippen molar-refractivity contribution >= 4 is 12.2 Å². The maximum atomic E-state index is 11.2. The van der Waals surface area contributed by atoms with Crippen molar-refractivity contribution in [2.24, 2.45) is 0 Å². The fraction of sp³-hybridized carbons (Fsp3) is 0.364. The fourth-order valence-corrected chi connectivity index (χ4v) is 0.721. The van der Waals surface area contributed by atoms with E-state index in [1.807, 2.05) is 0 Å². The first-order valence-corrected chi connectivity index (χ1v) is 4.88. The van der Waals surface area contributed by atoms with Gasteiger partial charge in [0.15, 0.2) is 0 Å². The summed E-state index contributed by atoms with van der Waals surface area (Å²) in [5, 5.41) is 0. The number of ether oxygens (including phenoxy) is 3. The van der Waals surface area contributed by atoms with Gasteiger partial charge < -0.3 is 19.1 Å². The summed E-state index contributed by atoms with van der Waals surface area (Å²) in [6, 6.07) is 0. The van der Waals surface area contributed by atoms with Crippen LogP contribution >= 0.6 is 0 Å². The highest BCUT2D eigenvalue weighted by atomic mass is 16.7. The van der Waals surface area contributed by atoms with Crippen LogP contribution < -0.4 is 0 Å². The normalized spacial score (nSPS) is 9.00. The Bertz CT molecular complexity index is 277. The monoisotopic (exact) mass is 242 g/mol. The molecule has 0 spiro atoms. The van der Waals surface area contributed by atoms with Crippen LogP contribution in [0.5, 0.6) is 0 Å². The van der Waals surface area contributed by atoms with E-state index in [9.17, 15) is 9.59 Å². The van der Waals surface area contributed by atoms with Gasteiger partial charge in [0.05, 0.1) is 6.54 Å². The molecule has 0 saturated carbocycles. The minimum Gasteiger partial charge on any atom is -0.445 e. The van der Waals surface area contributed by atoms with Crippen LogP contribution in [-0.4, -0.2) is 43.5 Å². The summed E-state index contributed by atoms with van der Waals surface area (Å²) in [5.41, 5.74) is 0. The summed E-state index contributed by atoms with van der Waals surface area (Å²) in [7, 11) is 3.43. The van der Waals surface area contributed by atoms with Crippen molar-refractivity contribution in [2.75, 3.05) is 26.4 Å². The van der Waals surface area contributed by atoms with Gasteiger partial charge >= 0.3 is 12.2 Å². The highest BCUT2D eigenvalue weighted by Gasteiger charge is 2.10. The standard InChI is InChI=1S/C11H16NO5/c1-4-7-15-10(13)12(3)6-9-17-11(14)16-8-5-2/h4-5H,1-3,6-9H2. The molecule has 0 aromatic rings. The molecule has 0 fully saturated rings. The molecule has 0 saturated heterocycles. The third-order valence-corrected chi connectivity index (χ3v) is 1.48. The van der Waals surface area contributed by atoms with Gasteiger partial charge in [0.2, 0.25) is 0 Å². The van der Waals surface area contributed by atoms with Crippen LogP contribution in [0.1, 0.15) is 0 Å². The Morgan fingerprint density at radius 2 is 1.65 bits per heavy atom. The Morgan fingerprint density at radius 3 is 2.24 bits per heavy atom. The Balaban J connectivity index is 3.65. The van der Waals surface area contributed by atoms with Crippen LogP contribution in [0.15, 0.2) is 25.3 Å². The molecule has 0 atom stereocenters. The first kappa shape index (κ1) is 15.0. The van der Waals surface area contributed by atoms with Gasteiger partial charge in [0.1, 0.15) is 19.8 Å². The van der Waals surface area contributed by atoms with Crippen molar-refractivity contribution in [1.29, 1.82) is 0 Å². The number of nitrogens with zero attached hydrogens (tertiary/aromatic N) is 1. The number of amides is 1. The summed E-state index contributed by atoms with van der Waals surface area (Å²) in [6.07, 6.45) is 1.42. The lowest BCUT2D eigenvalue weighted by Gasteiger charge is -2.15. The van der Waals surface area contributed by atoms with Crippen molar-refractivity contribution in [3.63, 3.8) is 0 Å². The molecule has 0 bridgehead atoms. The largest absolute Gasteiger partial charge is 0.508 e. The molecule has 6 heteroatoms. The smallest absolute Gasteiger partial charge is 0.445 e. The van der Waals surface area contributed by atoms with Crippen LogP contribution in [0.2, 0.25) is 0 Å². The van der Waals surface area contributed by atoms with E-state index >= 15 is 0 Å². The van der Waals surface area contributed by atoms with Crippen LogP contribution in [0.3, 0.4) is 0 Å². The lowest BCUT2D eigenvalue weighted by Crippen LogP contribution is -2.29. The molecule has 1 amide bonds. The van der Waals surface area contributed by atoms with Gasteiger partial charge in [-0.25, -0.2) is 9.59 Å². The molecular formula is C11H16NO5. The zero-order chi connectivity index (χ0) is 13.1. The van der Waals surface area contributed by atoms with Gasteiger partial charge in [-0.2, -0.15) is 0 Å². The third kappa shape index (κ3) is 7.89. The molecule has 0 unspecified atom stereocenters. The summed E-state index contributed by atoms with van der Waals surface area (Å²) in [6.45, 7) is 7.04. The minimum atomic E-state index is -0.822. The molecule has 0 aliphatic rings. The molecule has 1 radical (unpaired) electrons. The molecule has 6 nitrogen and oxygen atoms in total. The Labute approximate surface area is 100 Å². The van der Waals surface area contributed by atoms with E-state index in [2.05, 4.69) is 29.7 Å². The molecule has 0 aliphatic carbocycles. The highest BCUT2D eigenvalue weighted by Crippen LogP contribution is 1.93. The van der Waals surface area contributed by atoms with E-state index < -0.39 is 12.2 Å². The van der Waals surface area contributed by atoms with Crippen molar-refractivity contribution in [3.8, 4) is 0 Å². The van der Waals surface area contributed by atoms with E-state index in [1.165, 1.54) is 12.2 Å². The lowest BCUT2D eigenvalue weighted by molar-refractivity contribution is 0.0559. The average Bonchev–Trinajstić information content (AvgIpc) is 2.33. The third-order valence-electron chi connectivity index (χ3n) is 1.48. The van der Waals surface area contributed by atoms with Gasteiger partial charge in [-0.3, -0.25) is 0 Å². The number of carbonyl (C=O) groups excluding carboxylic acids is 2. The van der Waals surface area contributed by atoms with Crippen LogP contribution in [0, 0.1) is 7.05 Å². The molecule has 0 rings (SSSR count). The maximum Gasteiger partial charge on any atom is 0.508 e. The zero-order valence-corrected chi connectivity index (χ0v) is 9.59. The first-order valence-electron chi connectivity index (χ1n) is 4.88. The van der Waals surface area contributed by atoms with Crippen molar-refractivity contribution < 1.29 is 23.8 Å².